The minimum Gasteiger partial charge on any atom is -0.491 e. The van der Waals surface area contributed by atoms with Crippen molar-refractivity contribution in [1.29, 1.82) is 0 Å². The third-order valence-electron chi connectivity index (χ3n) is 7.65. The molecule has 2 amide bonds. The fourth-order valence-electron chi connectivity index (χ4n) is 5.81. The number of hydrogen-bond acceptors (Lipinski definition) is 4. The summed E-state index contributed by atoms with van der Waals surface area (Å²) < 4.78 is 54.4. The minimum absolute atomic E-state index is 0.0442. The van der Waals surface area contributed by atoms with Crippen LogP contribution in [0.1, 0.15) is 50.2 Å². The molecule has 2 aromatic rings. The Morgan fingerprint density at radius 2 is 1.68 bits per heavy atom. The quantitative estimate of drug-likeness (QED) is 0.597. The molecule has 9 heteroatoms. The highest BCUT2D eigenvalue weighted by molar-refractivity contribution is 5.88. The molecule has 0 bridgehead atoms. The SMILES string of the molecule is CO[C@@](C(=O)N1CCC2(CC1)CC(=O)NCC2c1ccccc1OC(C)C)(c1ccccc1)C(F)(F)F. The molecule has 37 heavy (non-hydrogen) atoms. The van der Waals surface area contributed by atoms with E-state index in [1.807, 2.05) is 38.1 Å². The summed E-state index contributed by atoms with van der Waals surface area (Å²) in [6, 6.07) is 14.7. The number of halogens is 3. The number of para-hydroxylation sites is 1. The second-order valence-corrected chi connectivity index (χ2v) is 10.1. The number of amides is 2. The summed E-state index contributed by atoms with van der Waals surface area (Å²) in [7, 11) is 0.914. The van der Waals surface area contributed by atoms with Gasteiger partial charge in [-0.1, -0.05) is 48.5 Å². The summed E-state index contributed by atoms with van der Waals surface area (Å²) in [5, 5.41) is 2.95. The van der Waals surface area contributed by atoms with E-state index in [-0.39, 0.29) is 43.0 Å². The van der Waals surface area contributed by atoms with E-state index in [9.17, 15) is 22.8 Å². The third kappa shape index (κ3) is 4.93. The summed E-state index contributed by atoms with van der Waals surface area (Å²) in [6.07, 6.45) is -3.99. The van der Waals surface area contributed by atoms with Crippen molar-refractivity contribution in [3.8, 4) is 5.75 Å². The summed E-state index contributed by atoms with van der Waals surface area (Å²) in [5.74, 6) is -0.592. The van der Waals surface area contributed by atoms with Gasteiger partial charge in [-0.25, -0.2) is 0 Å². The highest BCUT2D eigenvalue weighted by Gasteiger charge is 2.64. The van der Waals surface area contributed by atoms with E-state index in [1.54, 1.807) is 6.07 Å². The molecule has 1 unspecified atom stereocenters. The monoisotopic (exact) mass is 518 g/mol. The molecule has 2 saturated heterocycles. The lowest BCUT2D eigenvalue weighted by molar-refractivity contribution is -0.271. The lowest BCUT2D eigenvalue weighted by Gasteiger charge is -2.50. The van der Waals surface area contributed by atoms with Gasteiger partial charge in [-0.2, -0.15) is 13.2 Å². The smallest absolute Gasteiger partial charge is 0.430 e. The third-order valence-corrected chi connectivity index (χ3v) is 7.65. The summed E-state index contributed by atoms with van der Waals surface area (Å²) in [4.78, 5) is 27.3. The Hall–Kier alpha value is -3.07. The van der Waals surface area contributed by atoms with Crippen LogP contribution in [0.5, 0.6) is 5.75 Å². The number of carbonyl (C=O) groups excluding carboxylic acids is 2. The zero-order valence-corrected chi connectivity index (χ0v) is 21.3. The van der Waals surface area contributed by atoms with Crippen LogP contribution in [0.4, 0.5) is 13.2 Å². The number of piperidine rings is 2. The first kappa shape index (κ1) is 27.0. The molecule has 0 saturated carbocycles. The fraction of sp³-hybridized carbons (Fsp3) is 0.500. The van der Waals surface area contributed by atoms with Gasteiger partial charge in [0.05, 0.1) is 6.10 Å². The molecule has 0 aromatic heterocycles. The molecule has 2 atom stereocenters. The van der Waals surface area contributed by atoms with Gasteiger partial charge < -0.3 is 19.7 Å². The topological polar surface area (TPSA) is 67.9 Å². The molecule has 6 nitrogen and oxygen atoms in total. The van der Waals surface area contributed by atoms with Gasteiger partial charge in [-0.05, 0) is 43.7 Å². The molecule has 0 radical (unpaired) electrons. The van der Waals surface area contributed by atoms with Gasteiger partial charge in [0, 0.05) is 44.6 Å². The van der Waals surface area contributed by atoms with Gasteiger partial charge in [0.25, 0.3) is 11.5 Å². The van der Waals surface area contributed by atoms with Crippen LogP contribution in [0.25, 0.3) is 0 Å². The average molecular weight is 519 g/mol. The molecule has 2 aromatic carbocycles. The predicted molar refractivity (Wildman–Crippen MR) is 132 cm³/mol. The van der Waals surface area contributed by atoms with E-state index >= 15 is 0 Å². The van der Waals surface area contributed by atoms with Crippen molar-refractivity contribution in [2.45, 2.75) is 56.9 Å². The highest BCUT2D eigenvalue weighted by atomic mass is 19.4. The molecule has 4 rings (SSSR count). The second kappa shape index (κ2) is 10.4. The lowest BCUT2D eigenvalue weighted by Crippen LogP contribution is -2.60. The van der Waals surface area contributed by atoms with E-state index in [0.717, 1.165) is 18.4 Å². The fourth-order valence-corrected chi connectivity index (χ4v) is 5.81. The largest absolute Gasteiger partial charge is 0.491 e. The average Bonchev–Trinajstić information content (AvgIpc) is 2.85. The van der Waals surface area contributed by atoms with Crippen LogP contribution in [0.3, 0.4) is 0 Å². The minimum atomic E-state index is -4.96. The number of hydrogen-bond donors (Lipinski definition) is 1. The number of carbonyl (C=O) groups is 2. The molecule has 2 aliphatic rings. The Balaban J connectivity index is 1.64. The van der Waals surface area contributed by atoms with Crippen LogP contribution < -0.4 is 10.1 Å². The molecular formula is C28H33F3N2O4. The van der Waals surface area contributed by atoms with Crippen LogP contribution in [-0.4, -0.2) is 55.7 Å². The molecule has 200 valence electrons. The normalized spacial score (nSPS) is 21.4. The van der Waals surface area contributed by atoms with Crippen LogP contribution >= 0.6 is 0 Å². The summed E-state index contributed by atoms with van der Waals surface area (Å²) >= 11 is 0. The second-order valence-electron chi connectivity index (χ2n) is 10.1. The van der Waals surface area contributed by atoms with Crippen molar-refractivity contribution < 1.29 is 32.2 Å². The Morgan fingerprint density at radius 3 is 2.27 bits per heavy atom. The number of likely N-dealkylation sites (tertiary alicyclic amines) is 1. The number of rotatable bonds is 6. The highest BCUT2D eigenvalue weighted by Crippen LogP contribution is 2.52. The zero-order valence-electron chi connectivity index (χ0n) is 21.3. The van der Waals surface area contributed by atoms with E-state index < -0.39 is 23.1 Å². The Morgan fingerprint density at radius 1 is 1.05 bits per heavy atom. The molecular weight excluding hydrogens is 485 g/mol. The molecule has 1 spiro atoms. The standard InChI is InChI=1S/C28H33F3N2O4/c1-19(2)37-23-12-8-7-11-21(23)22-18-32-24(34)17-26(22)13-15-33(16-14-26)25(35)27(36-3,28(29,30)31)20-9-5-4-6-10-20/h4-12,19,22H,13-18H2,1-3H3,(H,32,34)/t22?,27-/m1/s1. The zero-order chi connectivity index (χ0) is 26.8. The number of benzene rings is 2. The van der Waals surface area contributed by atoms with Crippen LogP contribution in [0.2, 0.25) is 0 Å². The van der Waals surface area contributed by atoms with E-state index in [1.165, 1.54) is 29.2 Å². The summed E-state index contributed by atoms with van der Waals surface area (Å²) in [6.45, 7) is 4.46. The van der Waals surface area contributed by atoms with Gasteiger partial charge in [-0.3, -0.25) is 9.59 Å². The van der Waals surface area contributed by atoms with Gasteiger partial charge >= 0.3 is 6.18 Å². The van der Waals surface area contributed by atoms with Crippen LogP contribution in [0, 0.1) is 5.41 Å². The van der Waals surface area contributed by atoms with Gasteiger partial charge in [0.15, 0.2) is 0 Å². The molecule has 2 heterocycles. The molecule has 2 fully saturated rings. The number of alkyl halides is 3. The maximum Gasteiger partial charge on any atom is 0.430 e. The van der Waals surface area contributed by atoms with Gasteiger partial charge in [0.2, 0.25) is 5.91 Å². The number of methoxy groups -OCH3 is 1. The molecule has 2 aliphatic heterocycles. The van der Waals surface area contributed by atoms with E-state index in [4.69, 9.17) is 9.47 Å². The maximum absolute atomic E-state index is 14.5. The Bertz CT molecular complexity index is 1110. The number of nitrogens with one attached hydrogen (secondary N) is 1. The predicted octanol–water partition coefficient (Wildman–Crippen LogP) is 4.79. The van der Waals surface area contributed by atoms with Crippen molar-refractivity contribution in [3.05, 3.63) is 65.7 Å². The van der Waals surface area contributed by atoms with E-state index in [0.29, 0.717) is 19.4 Å². The van der Waals surface area contributed by atoms with Crippen LogP contribution in [-0.2, 0) is 19.9 Å². The first-order valence-corrected chi connectivity index (χ1v) is 12.5. The molecule has 1 N–H and O–H groups in total. The number of ether oxygens (including phenoxy) is 2. The van der Waals surface area contributed by atoms with Gasteiger partial charge in [0.1, 0.15) is 5.75 Å². The van der Waals surface area contributed by atoms with Crippen molar-refractivity contribution >= 4 is 11.8 Å². The first-order chi connectivity index (χ1) is 17.5. The Labute approximate surface area is 215 Å². The van der Waals surface area contributed by atoms with Crippen molar-refractivity contribution in [2.24, 2.45) is 5.41 Å². The van der Waals surface area contributed by atoms with Crippen molar-refractivity contribution in [2.75, 3.05) is 26.7 Å². The summed E-state index contributed by atoms with van der Waals surface area (Å²) in [5.41, 5.74) is -2.90. The lowest BCUT2D eigenvalue weighted by atomic mass is 9.62. The van der Waals surface area contributed by atoms with Crippen LogP contribution in [0.15, 0.2) is 54.6 Å². The number of nitrogens with zero attached hydrogens (tertiary/aromatic N) is 1. The first-order valence-electron chi connectivity index (χ1n) is 12.5. The van der Waals surface area contributed by atoms with Gasteiger partial charge in [-0.15, -0.1) is 0 Å². The van der Waals surface area contributed by atoms with Crippen molar-refractivity contribution in [3.63, 3.8) is 0 Å². The Kier molecular flexibility index (Phi) is 7.55. The van der Waals surface area contributed by atoms with Crippen molar-refractivity contribution in [1.82, 2.24) is 10.2 Å². The maximum atomic E-state index is 14.5. The van der Waals surface area contributed by atoms with E-state index in [2.05, 4.69) is 5.32 Å². The molecule has 0 aliphatic carbocycles.